The van der Waals surface area contributed by atoms with Crippen LogP contribution in [0.4, 0.5) is 11.4 Å². The number of carbonyl (C=O) groups is 2. The van der Waals surface area contributed by atoms with Gasteiger partial charge in [0, 0.05) is 29.6 Å². The van der Waals surface area contributed by atoms with Crippen molar-refractivity contribution >= 4 is 68.4 Å². The molecule has 2 N–H and O–H groups in total. The van der Waals surface area contributed by atoms with E-state index in [0.29, 0.717) is 11.1 Å². The van der Waals surface area contributed by atoms with E-state index >= 15 is 0 Å². The van der Waals surface area contributed by atoms with Gasteiger partial charge in [-0.25, -0.2) is 0 Å². The smallest absolute Gasteiger partial charge is 0.255 e. The van der Waals surface area contributed by atoms with Gasteiger partial charge in [0.15, 0.2) is 0 Å². The zero-order valence-corrected chi connectivity index (χ0v) is 21.1. The maximum absolute atomic E-state index is 12.4. The zero-order valence-electron chi connectivity index (χ0n) is 16.8. The van der Waals surface area contributed by atoms with Gasteiger partial charge in [-0.05, 0) is 129 Å². The second-order valence-corrected chi connectivity index (χ2v) is 9.57. The van der Waals surface area contributed by atoms with E-state index in [1.807, 2.05) is 97.1 Å². The Balaban J connectivity index is 1.39. The number of carbonyl (C=O) groups excluding carboxylic acids is 2. The van der Waals surface area contributed by atoms with Crippen LogP contribution in [-0.4, -0.2) is 11.8 Å². The molecule has 0 heterocycles. The lowest BCUT2D eigenvalue weighted by molar-refractivity contribution is 0.101. The van der Waals surface area contributed by atoms with Crippen LogP contribution in [0.15, 0.2) is 97.1 Å². The van der Waals surface area contributed by atoms with Crippen molar-refractivity contribution in [2.75, 3.05) is 10.6 Å². The summed E-state index contributed by atoms with van der Waals surface area (Å²) in [6.07, 6.45) is 0. The number of anilines is 2. The van der Waals surface area contributed by atoms with E-state index in [4.69, 9.17) is 0 Å². The largest absolute Gasteiger partial charge is 0.322 e. The third kappa shape index (κ3) is 5.74. The molecule has 0 saturated carbocycles. The molecule has 32 heavy (non-hydrogen) atoms. The lowest BCUT2D eigenvalue weighted by atomic mass is 10.0. The monoisotopic (exact) mass is 644 g/mol. The molecule has 4 aromatic rings. The van der Waals surface area contributed by atoms with Crippen molar-refractivity contribution in [3.05, 3.63) is 115 Å². The van der Waals surface area contributed by atoms with Crippen molar-refractivity contribution in [3.63, 3.8) is 0 Å². The topological polar surface area (TPSA) is 58.2 Å². The first-order valence-corrected chi connectivity index (χ1v) is 12.0. The second-order valence-electron chi connectivity index (χ2n) is 7.08. The number of amides is 2. The lowest BCUT2D eigenvalue weighted by Gasteiger charge is -2.09. The van der Waals surface area contributed by atoms with Gasteiger partial charge in [0.2, 0.25) is 0 Å². The zero-order chi connectivity index (χ0) is 22.5. The molecule has 0 aliphatic heterocycles. The van der Waals surface area contributed by atoms with Crippen LogP contribution >= 0.6 is 45.2 Å². The third-order valence-electron chi connectivity index (χ3n) is 4.83. The average molecular weight is 644 g/mol. The summed E-state index contributed by atoms with van der Waals surface area (Å²) in [5.74, 6) is -0.273. The fourth-order valence-electron chi connectivity index (χ4n) is 3.10. The Bertz CT molecular complexity index is 1130. The molecule has 0 unspecified atom stereocenters. The number of rotatable bonds is 5. The Hall–Kier alpha value is -2.72. The van der Waals surface area contributed by atoms with E-state index in [1.165, 1.54) is 0 Å². The number of benzene rings is 4. The van der Waals surface area contributed by atoms with Gasteiger partial charge in [0.1, 0.15) is 0 Å². The van der Waals surface area contributed by atoms with Crippen molar-refractivity contribution in [2.45, 2.75) is 0 Å². The first-order chi connectivity index (χ1) is 15.5. The summed E-state index contributed by atoms with van der Waals surface area (Å²) in [5, 5.41) is 5.83. The minimum atomic E-state index is -0.137. The summed E-state index contributed by atoms with van der Waals surface area (Å²) in [4.78, 5) is 24.8. The van der Waals surface area contributed by atoms with Gasteiger partial charge < -0.3 is 10.6 Å². The Kier molecular flexibility index (Phi) is 7.21. The van der Waals surface area contributed by atoms with Crippen LogP contribution in [0, 0.1) is 7.14 Å². The molecule has 4 aromatic carbocycles. The Morgan fingerprint density at radius 1 is 0.469 bits per heavy atom. The summed E-state index contributed by atoms with van der Waals surface area (Å²) in [6.45, 7) is 0. The van der Waals surface area contributed by atoms with E-state index < -0.39 is 0 Å². The Morgan fingerprint density at radius 2 is 0.781 bits per heavy atom. The third-order valence-corrected chi connectivity index (χ3v) is 6.27. The van der Waals surface area contributed by atoms with E-state index in [0.717, 1.165) is 29.6 Å². The highest BCUT2D eigenvalue weighted by Gasteiger charge is 2.08. The predicted octanol–water partition coefficient (Wildman–Crippen LogP) is 7.07. The molecule has 0 atom stereocenters. The molecular weight excluding hydrogens is 626 g/mol. The molecule has 0 fully saturated rings. The Morgan fingerprint density at radius 3 is 1.09 bits per heavy atom. The number of nitrogens with one attached hydrogen (secondary N) is 2. The summed E-state index contributed by atoms with van der Waals surface area (Å²) >= 11 is 4.42. The van der Waals surface area contributed by atoms with Crippen LogP contribution in [0.1, 0.15) is 20.7 Å². The molecule has 2 amide bonds. The average Bonchev–Trinajstić information content (AvgIpc) is 2.81. The molecule has 0 aliphatic carbocycles. The van der Waals surface area contributed by atoms with Crippen LogP contribution < -0.4 is 10.6 Å². The second kappa shape index (κ2) is 10.3. The number of halogens is 2. The van der Waals surface area contributed by atoms with Gasteiger partial charge in [-0.15, -0.1) is 0 Å². The molecule has 4 nitrogen and oxygen atoms in total. The molecule has 158 valence electrons. The van der Waals surface area contributed by atoms with E-state index in [9.17, 15) is 9.59 Å². The summed E-state index contributed by atoms with van der Waals surface area (Å²) < 4.78 is 2.17. The van der Waals surface area contributed by atoms with Crippen LogP contribution in [0.3, 0.4) is 0 Å². The number of hydrogen-bond acceptors (Lipinski definition) is 2. The van der Waals surface area contributed by atoms with Crippen LogP contribution in [0.5, 0.6) is 0 Å². The molecule has 0 bridgehead atoms. The van der Waals surface area contributed by atoms with E-state index in [1.54, 1.807) is 0 Å². The molecular formula is C26H18I2N2O2. The minimum absolute atomic E-state index is 0.137. The van der Waals surface area contributed by atoms with Gasteiger partial charge >= 0.3 is 0 Å². The van der Waals surface area contributed by atoms with Crippen molar-refractivity contribution in [2.24, 2.45) is 0 Å². The maximum Gasteiger partial charge on any atom is 0.255 e. The fourth-order valence-corrected chi connectivity index (χ4v) is 3.82. The highest BCUT2D eigenvalue weighted by atomic mass is 127. The molecule has 0 radical (unpaired) electrons. The number of hydrogen-bond donors (Lipinski definition) is 2. The standard InChI is InChI=1S/C26H18I2N2O2/c27-21-9-1-19(2-10-21)25(31)29-23-13-5-17(6-14-23)18-7-15-24(16-8-18)30-26(32)20-3-11-22(28)12-4-20/h1-16H,(H,29,31)(H,30,32). The van der Waals surface area contributed by atoms with Crippen LogP contribution in [0.25, 0.3) is 11.1 Å². The first-order valence-electron chi connectivity index (χ1n) is 9.82. The maximum atomic E-state index is 12.4. The molecule has 0 spiro atoms. The van der Waals surface area contributed by atoms with Gasteiger partial charge in [0.05, 0.1) is 0 Å². The molecule has 0 aliphatic rings. The van der Waals surface area contributed by atoms with Crippen LogP contribution in [-0.2, 0) is 0 Å². The minimum Gasteiger partial charge on any atom is -0.322 e. The van der Waals surface area contributed by atoms with Gasteiger partial charge in [-0.3, -0.25) is 9.59 Å². The first kappa shape index (κ1) is 22.5. The summed E-state index contributed by atoms with van der Waals surface area (Å²) in [6, 6.07) is 30.2. The van der Waals surface area contributed by atoms with Crippen molar-refractivity contribution in [1.82, 2.24) is 0 Å². The normalized spacial score (nSPS) is 10.4. The van der Waals surface area contributed by atoms with E-state index in [-0.39, 0.29) is 11.8 Å². The summed E-state index contributed by atoms with van der Waals surface area (Å²) in [7, 11) is 0. The quantitative estimate of drug-likeness (QED) is 0.229. The molecule has 0 aromatic heterocycles. The van der Waals surface area contributed by atoms with Crippen molar-refractivity contribution < 1.29 is 9.59 Å². The lowest BCUT2D eigenvalue weighted by Crippen LogP contribution is -2.11. The van der Waals surface area contributed by atoms with Gasteiger partial charge in [-0.2, -0.15) is 0 Å². The van der Waals surface area contributed by atoms with Gasteiger partial charge in [-0.1, -0.05) is 24.3 Å². The summed E-state index contributed by atoms with van der Waals surface area (Å²) in [5.41, 5.74) is 4.76. The molecule has 4 rings (SSSR count). The van der Waals surface area contributed by atoms with E-state index in [2.05, 4.69) is 55.8 Å². The predicted molar refractivity (Wildman–Crippen MR) is 146 cm³/mol. The Labute approximate surface area is 213 Å². The SMILES string of the molecule is O=C(Nc1ccc(-c2ccc(NC(=O)c3ccc(I)cc3)cc2)cc1)c1ccc(I)cc1. The highest BCUT2D eigenvalue weighted by molar-refractivity contribution is 14.1. The highest BCUT2D eigenvalue weighted by Crippen LogP contribution is 2.24. The van der Waals surface area contributed by atoms with Gasteiger partial charge in [0.25, 0.3) is 11.8 Å². The fraction of sp³-hybridized carbons (Fsp3) is 0. The molecule has 0 saturated heterocycles. The van der Waals surface area contributed by atoms with Crippen molar-refractivity contribution in [1.29, 1.82) is 0 Å². The van der Waals surface area contributed by atoms with Crippen LogP contribution in [0.2, 0.25) is 0 Å². The van der Waals surface area contributed by atoms with Crippen molar-refractivity contribution in [3.8, 4) is 11.1 Å². The molecule has 6 heteroatoms.